The second-order valence-corrected chi connectivity index (χ2v) is 6.40. The quantitative estimate of drug-likeness (QED) is 0.658. The molecule has 122 valence electrons. The van der Waals surface area contributed by atoms with Crippen LogP contribution in [-0.2, 0) is 6.42 Å². The van der Waals surface area contributed by atoms with Crippen molar-refractivity contribution in [3.63, 3.8) is 0 Å². The first-order valence-electron chi connectivity index (χ1n) is 8.41. The Kier molecular flexibility index (Phi) is 3.81. The largest absolute Gasteiger partial charge is 0.497 e. The molecule has 1 aromatic carbocycles. The molecule has 0 saturated heterocycles. The Balaban J connectivity index is 1.67. The number of nitrogens with zero attached hydrogens (tertiary/aromatic N) is 3. The molecule has 1 aliphatic carbocycles. The van der Waals surface area contributed by atoms with Crippen LogP contribution in [0.2, 0.25) is 0 Å². The summed E-state index contributed by atoms with van der Waals surface area (Å²) in [6, 6.07) is 14.1. The monoisotopic (exact) mass is 319 g/mol. The van der Waals surface area contributed by atoms with Crippen molar-refractivity contribution in [1.82, 2.24) is 14.6 Å². The number of fused-ring (bicyclic) bond motifs is 1. The van der Waals surface area contributed by atoms with Crippen molar-refractivity contribution in [2.24, 2.45) is 5.92 Å². The number of methoxy groups -OCH3 is 1. The lowest BCUT2D eigenvalue weighted by Gasteiger charge is -2.26. The van der Waals surface area contributed by atoms with Crippen molar-refractivity contribution in [3.8, 4) is 17.0 Å². The van der Waals surface area contributed by atoms with Gasteiger partial charge in [0, 0.05) is 12.0 Å². The molecular formula is C20H21N3O. The van der Waals surface area contributed by atoms with Gasteiger partial charge in [0.15, 0.2) is 11.5 Å². The van der Waals surface area contributed by atoms with E-state index in [1.54, 1.807) is 7.11 Å². The molecule has 0 atom stereocenters. The maximum Gasteiger partial charge on any atom is 0.156 e. The minimum atomic E-state index is 0.665. The molecule has 24 heavy (non-hydrogen) atoms. The number of ether oxygens (including phenoxy) is 1. The summed E-state index contributed by atoms with van der Waals surface area (Å²) >= 11 is 0. The van der Waals surface area contributed by atoms with Crippen LogP contribution < -0.4 is 4.74 Å². The molecule has 4 rings (SSSR count). The summed E-state index contributed by atoms with van der Waals surface area (Å²) < 4.78 is 7.16. The van der Waals surface area contributed by atoms with Crippen molar-refractivity contribution in [2.75, 3.05) is 7.11 Å². The lowest BCUT2D eigenvalue weighted by atomic mass is 9.79. The molecule has 1 saturated carbocycles. The molecule has 3 aromatic rings. The smallest absolute Gasteiger partial charge is 0.156 e. The summed E-state index contributed by atoms with van der Waals surface area (Å²) in [7, 11) is 1.68. The summed E-state index contributed by atoms with van der Waals surface area (Å²) in [6.45, 7) is 4.24. The molecule has 0 spiro atoms. The van der Waals surface area contributed by atoms with E-state index in [2.05, 4.69) is 17.6 Å². The molecule has 0 aliphatic heterocycles. The third kappa shape index (κ3) is 2.68. The Morgan fingerprint density at radius 1 is 1.21 bits per heavy atom. The van der Waals surface area contributed by atoms with Gasteiger partial charge in [-0.1, -0.05) is 24.6 Å². The molecule has 1 fully saturated rings. The van der Waals surface area contributed by atoms with Gasteiger partial charge in [0.25, 0.3) is 0 Å². The predicted octanol–water partition coefficient (Wildman–Crippen LogP) is 4.30. The fourth-order valence-corrected chi connectivity index (χ4v) is 3.17. The number of pyridine rings is 1. The number of aromatic nitrogens is 3. The summed E-state index contributed by atoms with van der Waals surface area (Å²) in [5.74, 6) is 2.37. The second kappa shape index (κ2) is 6.11. The zero-order chi connectivity index (χ0) is 16.5. The highest BCUT2D eigenvalue weighted by atomic mass is 16.5. The highest BCUT2D eigenvalue weighted by Gasteiger charge is 2.21. The second-order valence-electron chi connectivity index (χ2n) is 6.40. The number of rotatable bonds is 5. The maximum absolute atomic E-state index is 5.23. The van der Waals surface area contributed by atoms with Crippen molar-refractivity contribution in [3.05, 3.63) is 60.4 Å². The average Bonchev–Trinajstić information content (AvgIpc) is 2.95. The Morgan fingerprint density at radius 2 is 2.00 bits per heavy atom. The van der Waals surface area contributed by atoms with Gasteiger partial charge in [0.05, 0.1) is 12.8 Å². The molecule has 0 N–H and O–H groups in total. The van der Waals surface area contributed by atoms with Crippen LogP contribution in [0.15, 0.2) is 54.6 Å². The van der Waals surface area contributed by atoms with Crippen LogP contribution in [0.5, 0.6) is 5.75 Å². The molecule has 0 radical (unpaired) electrons. The molecule has 0 bridgehead atoms. The first-order chi connectivity index (χ1) is 11.7. The molecule has 4 heteroatoms. The summed E-state index contributed by atoms with van der Waals surface area (Å²) in [6.07, 6.45) is 4.63. The lowest BCUT2D eigenvalue weighted by molar-refractivity contribution is 0.362. The molecule has 2 heterocycles. The van der Waals surface area contributed by atoms with E-state index >= 15 is 0 Å². The SMILES string of the molecule is C=C(Cc1nc2cccc(-c3ccc(OC)cc3)n2n1)C1CCC1. The average molecular weight is 319 g/mol. The minimum absolute atomic E-state index is 0.665. The first-order valence-corrected chi connectivity index (χ1v) is 8.41. The van der Waals surface area contributed by atoms with Crippen molar-refractivity contribution >= 4 is 5.65 Å². The minimum Gasteiger partial charge on any atom is -0.497 e. The van der Waals surface area contributed by atoms with Gasteiger partial charge in [-0.2, -0.15) is 5.10 Å². The summed E-state index contributed by atoms with van der Waals surface area (Å²) in [5, 5.41) is 4.73. The fraction of sp³-hybridized carbons (Fsp3) is 0.300. The molecule has 0 unspecified atom stereocenters. The summed E-state index contributed by atoms with van der Waals surface area (Å²) in [4.78, 5) is 4.68. The van der Waals surface area contributed by atoms with E-state index in [1.165, 1.54) is 24.8 Å². The van der Waals surface area contributed by atoms with Gasteiger partial charge >= 0.3 is 0 Å². The number of benzene rings is 1. The van der Waals surface area contributed by atoms with E-state index in [0.717, 1.165) is 34.9 Å². The van der Waals surface area contributed by atoms with Crippen molar-refractivity contribution < 1.29 is 4.74 Å². The maximum atomic E-state index is 5.23. The molecular weight excluding hydrogens is 298 g/mol. The van der Waals surface area contributed by atoms with Crippen LogP contribution >= 0.6 is 0 Å². The van der Waals surface area contributed by atoms with E-state index in [1.807, 2.05) is 40.9 Å². The van der Waals surface area contributed by atoms with E-state index < -0.39 is 0 Å². The van der Waals surface area contributed by atoms with Gasteiger partial charge < -0.3 is 4.74 Å². The normalized spacial score (nSPS) is 14.5. The third-order valence-electron chi connectivity index (χ3n) is 4.86. The van der Waals surface area contributed by atoms with E-state index in [4.69, 9.17) is 9.84 Å². The van der Waals surface area contributed by atoms with Gasteiger partial charge in [-0.15, -0.1) is 0 Å². The van der Waals surface area contributed by atoms with Crippen molar-refractivity contribution in [2.45, 2.75) is 25.7 Å². The highest BCUT2D eigenvalue weighted by Crippen LogP contribution is 2.33. The van der Waals surface area contributed by atoms with Crippen LogP contribution in [0.1, 0.15) is 25.1 Å². The van der Waals surface area contributed by atoms with Gasteiger partial charge in [-0.3, -0.25) is 0 Å². The van der Waals surface area contributed by atoms with E-state index in [0.29, 0.717) is 5.92 Å². The molecule has 4 nitrogen and oxygen atoms in total. The predicted molar refractivity (Wildman–Crippen MR) is 95.2 cm³/mol. The fourth-order valence-electron chi connectivity index (χ4n) is 3.17. The zero-order valence-electron chi connectivity index (χ0n) is 13.9. The van der Waals surface area contributed by atoms with Gasteiger partial charge in [-0.05, 0) is 55.2 Å². The summed E-state index contributed by atoms with van der Waals surface area (Å²) in [5.41, 5.74) is 4.27. The Labute approximate surface area is 141 Å². The van der Waals surface area contributed by atoms with Gasteiger partial charge in [-0.25, -0.2) is 9.50 Å². The van der Waals surface area contributed by atoms with Gasteiger partial charge in [0.2, 0.25) is 0 Å². The van der Waals surface area contributed by atoms with Crippen LogP contribution in [0.4, 0.5) is 0 Å². The zero-order valence-corrected chi connectivity index (χ0v) is 13.9. The molecule has 2 aromatic heterocycles. The molecule has 1 aliphatic rings. The third-order valence-corrected chi connectivity index (χ3v) is 4.86. The Hall–Kier alpha value is -2.62. The first kappa shape index (κ1) is 14.9. The number of hydrogen-bond donors (Lipinski definition) is 0. The van der Waals surface area contributed by atoms with E-state index in [9.17, 15) is 0 Å². The number of hydrogen-bond acceptors (Lipinski definition) is 3. The van der Waals surface area contributed by atoms with E-state index in [-0.39, 0.29) is 0 Å². The van der Waals surface area contributed by atoms with Crippen molar-refractivity contribution in [1.29, 1.82) is 0 Å². The van der Waals surface area contributed by atoms with Gasteiger partial charge in [0.1, 0.15) is 5.75 Å². The van der Waals surface area contributed by atoms with Crippen LogP contribution in [0, 0.1) is 5.92 Å². The van der Waals surface area contributed by atoms with Crippen LogP contribution in [0.3, 0.4) is 0 Å². The highest BCUT2D eigenvalue weighted by molar-refractivity contribution is 5.63. The van der Waals surface area contributed by atoms with Crippen LogP contribution in [0.25, 0.3) is 16.9 Å². The Bertz CT molecular complexity index is 876. The van der Waals surface area contributed by atoms with Crippen LogP contribution in [-0.4, -0.2) is 21.7 Å². The Morgan fingerprint density at radius 3 is 2.67 bits per heavy atom. The molecule has 0 amide bonds. The number of allylic oxidation sites excluding steroid dienone is 1. The topological polar surface area (TPSA) is 39.4 Å². The lowest BCUT2D eigenvalue weighted by Crippen LogP contribution is -2.14. The standard InChI is InChI=1S/C20H21N3O/c1-14(15-5-3-6-15)13-19-21-20-8-4-7-18(23(20)22-19)16-9-11-17(24-2)12-10-16/h4,7-12,15H,1,3,5-6,13H2,2H3.